The van der Waals surface area contributed by atoms with Gasteiger partial charge in [-0.2, -0.15) is 0 Å². The van der Waals surface area contributed by atoms with Crippen LogP contribution in [0.15, 0.2) is 0 Å². The van der Waals surface area contributed by atoms with E-state index < -0.39 is 5.97 Å². The number of morpholine rings is 1. The predicted molar refractivity (Wildman–Crippen MR) is 66.8 cm³/mol. The number of carbonyl (C=O) groups is 2. The van der Waals surface area contributed by atoms with Crippen LogP contribution in [-0.2, 0) is 19.1 Å². The van der Waals surface area contributed by atoms with Crippen LogP contribution in [0.25, 0.3) is 0 Å². The zero-order chi connectivity index (χ0) is 13.7. The molecule has 2 aliphatic heterocycles. The molecule has 6 heteroatoms. The third-order valence-electron chi connectivity index (χ3n) is 3.66. The van der Waals surface area contributed by atoms with E-state index >= 15 is 0 Å². The fourth-order valence-electron chi connectivity index (χ4n) is 2.65. The minimum absolute atomic E-state index is 0.0186. The number of carboxylic acids is 1. The molecule has 2 heterocycles. The average molecular weight is 271 g/mol. The Balaban J connectivity index is 1.82. The molecule has 2 unspecified atom stereocenters. The molecule has 2 rings (SSSR count). The van der Waals surface area contributed by atoms with Crippen molar-refractivity contribution in [2.75, 3.05) is 26.4 Å². The maximum Gasteiger partial charge on any atom is 0.305 e. The zero-order valence-corrected chi connectivity index (χ0v) is 11.0. The summed E-state index contributed by atoms with van der Waals surface area (Å²) in [6.45, 7) is 2.08. The van der Waals surface area contributed by atoms with Gasteiger partial charge in [0.2, 0.25) is 5.91 Å². The summed E-state index contributed by atoms with van der Waals surface area (Å²) < 4.78 is 10.8. The number of carbonyl (C=O) groups excluding carboxylic acids is 1. The Hall–Kier alpha value is -1.14. The average Bonchev–Trinajstić information content (AvgIpc) is 2.89. The molecule has 0 aromatic rings. The molecule has 0 aliphatic carbocycles. The fraction of sp³-hybridized carbons (Fsp3) is 0.846. The molecule has 0 radical (unpaired) electrons. The quantitative estimate of drug-likeness (QED) is 0.794. The van der Waals surface area contributed by atoms with E-state index in [4.69, 9.17) is 14.6 Å². The van der Waals surface area contributed by atoms with Gasteiger partial charge in [0, 0.05) is 19.6 Å². The lowest BCUT2D eigenvalue weighted by Crippen LogP contribution is -2.49. The van der Waals surface area contributed by atoms with Gasteiger partial charge in [-0.25, -0.2) is 0 Å². The van der Waals surface area contributed by atoms with Crippen LogP contribution in [-0.4, -0.2) is 60.4 Å². The molecule has 6 nitrogen and oxygen atoms in total. The Kier molecular flexibility index (Phi) is 5.15. The number of rotatable bonds is 5. The highest BCUT2D eigenvalue weighted by molar-refractivity contribution is 5.77. The van der Waals surface area contributed by atoms with Gasteiger partial charge in [-0.15, -0.1) is 0 Å². The molecular weight excluding hydrogens is 250 g/mol. The molecule has 108 valence electrons. The minimum atomic E-state index is -0.896. The van der Waals surface area contributed by atoms with Crippen molar-refractivity contribution in [1.29, 1.82) is 0 Å². The van der Waals surface area contributed by atoms with Crippen LogP contribution in [0.4, 0.5) is 0 Å². The van der Waals surface area contributed by atoms with Crippen LogP contribution >= 0.6 is 0 Å². The number of carboxylic acid groups (broad SMARTS) is 1. The number of ether oxygens (including phenoxy) is 2. The van der Waals surface area contributed by atoms with E-state index in [0.29, 0.717) is 26.2 Å². The maximum absolute atomic E-state index is 12.2. The first-order chi connectivity index (χ1) is 9.16. The highest BCUT2D eigenvalue weighted by atomic mass is 16.5. The van der Waals surface area contributed by atoms with Crippen molar-refractivity contribution in [3.63, 3.8) is 0 Å². The highest BCUT2D eigenvalue weighted by Gasteiger charge is 2.29. The number of amides is 1. The van der Waals surface area contributed by atoms with Crippen LogP contribution in [0.2, 0.25) is 0 Å². The molecule has 0 spiro atoms. The second-order valence-electron chi connectivity index (χ2n) is 5.09. The minimum Gasteiger partial charge on any atom is -0.481 e. The van der Waals surface area contributed by atoms with E-state index in [1.807, 2.05) is 0 Å². The van der Waals surface area contributed by atoms with Crippen molar-refractivity contribution < 1.29 is 24.2 Å². The molecular formula is C13H21NO5. The smallest absolute Gasteiger partial charge is 0.305 e. The fourth-order valence-corrected chi connectivity index (χ4v) is 2.65. The Morgan fingerprint density at radius 2 is 2.16 bits per heavy atom. The highest BCUT2D eigenvalue weighted by Crippen LogP contribution is 2.19. The summed E-state index contributed by atoms with van der Waals surface area (Å²) in [5.41, 5.74) is 0. The zero-order valence-electron chi connectivity index (χ0n) is 11.0. The van der Waals surface area contributed by atoms with Crippen molar-refractivity contribution in [3.8, 4) is 0 Å². The Labute approximate surface area is 112 Å². The summed E-state index contributed by atoms with van der Waals surface area (Å²) in [6.07, 6.45) is 3.40. The number of hydrogen-bond donors (Lipinski definition) is 1. The maximum atomic E-state index is 12.2. The first-order valence-corrected chi connectivity index (χ1v) is 6.87. The number of hydrogen-bond acceptors (Lipinski definition) is 4. The van der Waals surface area contributed by atoms with Crippen molar-refractivity contribution >= 4 is 11.9 Å². The summed E-state index contributed by atoms with van der Waals surface area (Å²) in [5, 5.41) is 8.85. The van der Waals surface area contributed by atoms with Gasteiger partial charge in [-0.1, -0.05) is 0 Å². The van der Waals surface area contributed by atoms with Crippen LogP contribution in [0.5, 0.6) is 0 Å². The molecule has 1 N–H and O–H groups in total. The molecule has 1 amide bonds. The normalized spacial score (nSPS) is 27.5. The van der Waals surface area contributed by atoms with Gasteiger partial charge in [0.1, 0.15) is 0 Å². The van der Waals surface area contributed by atoms with E-state index in [0.717, 1.165) is 25.9 Å². The van der Waals surface area contributed by atoms with E-state index in [1.165, 1.54) is 0 Å². The SMILES string of the molecule is O=C(O)CC1COCCN1C(=O)CCC1CCCO1. The van der Waals surface area contributed by atoms with Crippen LogP contribution < -0.4 is 0 Å². The first kappa shape index (κ1) is 14.3. The van der Waals surface area contributed by atoms with Gasteiger partial charge >= 0.3 is 5.97 Å². The Morgan fingerprint density at radius 1 is 1.32 bits per heavy atom. The van der Waals surface area contributed by atoms with Crippen LogP contribution in [0.3, 0.4) is 0 Å². The molecule has 2 aliphatic rings. The van der Waals surface area contributed by atoms with E-state index in [-0.39, 0.29) is 24.5 Å². The van der Waals surface area contributed by atoms with Crippen LogP contribution in [0, 0.1) is 0 Å². The number of nitrogens with zero attached hydrogens (tertiary/aromatic N) is 1. The third kappa shape index (κ3) is 4.18. The van der Waals surface area contributed by atoms with E-state index in [9.17, 15) is 9.59 Å². The summed E-state index contributed by atoms with van der Waals surface area (Å²) in [7, 11) is 0. The van der Waals surface area contributed by atoms with Gasteiger partial charge in [0.25, 0.3) is 0 Å². The molecule has 0 aromatic heterocycles. The summed E-state index contributed by atoms with van der Waals surface area (Å²) in [6, 6.07) is -0.330. The second kappa shape index (κ2) is 6.86. The monoisotopic (exact) mass is 271 g/mol. The van der Waals surface area contributed by atoms with Gasteiger partial charge in [-0.05, 0) is 19.3 Å². The largest absolute Gasteiger partial charge is 0.481 e. The summed E-state index contributed by atoms with van der Waals surface area (Å²) >= 11 is 0. The first-order valence-electron chi connectivity index (χ1n) is 6.87. The Bertz CT molecular complexity index is 327. The van der Waals surface area contributed by atoms with Gasteiger partial charge < -0.3 is 19.5 Å². The summed E-state index contributed by atoms with van der Waals surface area (Å²) in [5.74, 6) is -0.877. The van der Waals surface area contributed by atoms with Gasteiger partial charge in [-0.3, -0.25) is 9.59 Å². The lowest BCUT2D eigenvalue weighted by Gasteiger charge is -2.35. The molecule has 0 saturated carbocycles. The molecule has 19 heavy (non-hydrogen) atoms. The number of aliphatic carboxylic acids is 1. The van der Waals surface area contributed by atoms with Crippen LogP contribution in [0.1, 0.15) is 32.1 Å². The second-order valence-corrected chi connectivity index (χ2v) is 5.09. The molecule has 0 bridgehead atoms. The summed E-state index contributed by atoms with van der Waals surface area (Å²) in [4.78, 5) is 24.6. The van der Waals surface area contributed by atoms with Crippen molar-refractivity contribution in [2.45, 2.75) is 44.2 Å². The van der Waals surface area contributed by atoms with E-state index in [2.05, 4.69) is 0 Å². The van der Waals surface area contributed by atoms with E-state index in [1.54, 1.807) is 4.90 Å². The molecule has 2 saturated heterocycles. The van der Waals surface area contributed by atoms with Gasteiger partial charge in [0.05, 0.1) is 31.8 Å². The predicted octanol–water partition coefficient (Wildman–Crippen LogP) is 0.648. The standard InChI is InChI=1S/C13H21NO5/c15-12(4-3-11-2-1-6-19-11)14-5-7-18-9-10(14)8-13(16)17/h10-11H,1-9H2,(H,16,17). The lowest BCUT2D eigenvalue weighted by atomic mass is 10.1. The van der Waals surface area contributed by atoms with Crippen molar-refractivity contribution in [2.24, 2.45) is 0 Å². The van der Waals surface area contributed by atoms with Gasteiger partial charge in [0.15, 0.2) is 0 Å². The molecule has 2 fully saturated rings. The molecule has 2 atom stereocenters. The Morgan fingerprint density at radius 3 is 2.84 bits per heavy atom. The van der Waals surface area contributed by atoms with Crippen molar-refractivity contribution in [1.82, 2.24) is 4.90 Å². The topological polar surface area (TPSA) is 76.1 Å². The third-order valence-corrected chi connectivity index (χ3v) is 3.66. The van der Waals surface area contributed by atoms with Crippen molar-refractivity contribution in [3.05, 3.63) is 0 Å². The molecule has 0 aromatic carbocycles. The lowest BCUT2D eigenvalue weighted by molar-refractivity contribution is -0.146.